The van der Waals surface area contributed by atoms with Gasteiger partial charge in [0, 0.05) is 44.8 Å². The molecule has 0 aliphatic carbocycles. The maximum absolute atomic E-state index is 6.71. The topological polar surface area (TPSA) is 15.7 Å². The van der Waals surface area contributed by atoms with Crippen molar-refractivity contribution in [1.29, 1.82) is 0 Å². The van der Waals surface area contributed by atoms with Crippen molar-refractivity contribution in [2.24, 2.45) is 0 Å². The van der Waals surface area contributed by atoms with E-state index in [-0.39, 0.29) is 0 Å². The summed E-state index contributed by atoms with van der Waals surface area (Å²) in [5, 5.41) is 2.26. The molecule has 0 spiro atoms. The maximum Gasteiger partial charge on any atom is 0.136 e. The molecule has 49 heavy (non-hydrogen) atoms. The predicted octanol–water partition coefficient (Wildman–Crippen LogP) is 13.2. The standard InChI is InChI=1S/C46H32N2O/c1-5-15-34(16-6-1)47(35-17-7-2-8-18-35)38-29-27-33(28-30-38)39-23-14-26-43-45(39)41-25-13-24-40-42(31-32-44(49-43)46(40)41)48(36-19-9-3-10-20-36)37-21-11-4-12-22-37/h1-32H. The second-order valence-electron chi connectivity index (χ2n) is 12.2. The molecule has 0 aromatic heterocycles. The molecule has 0 bridgehead atoms. The van der Waals surface area contributed by atoms with Crippen LogP contribution in [-0.2, 0) is 0 Å². The first kappa shape index (κ1) is 28.6. The van der Waals surface area contributed by atoms with Gasteiger partial charge < -0.3 is 14.5 Å². The largest absolute Gasteiger partial charge is 0.456 e. The SMILES string of the molecule is c1ccc(N(c2ccccc2)c2ccc(-c3cccc4c3-c3cccc5c(N(c6ccccc6)c6ccccc6)ccc(c35)O4)cc2)cc1. The molecule has 232 valence electrons. The highest BCUT2D eigenvalue weighted by molar-refractivity contribution is 6.12. The minimum absolute atomic E-state index is 0.868. The van der Waals surface area contributed by atoms with Crippen molar-refractivity contribution in [3.05, 3.63) is 194 Å². The summed E-state index contributed by atoms with van der Waals surface area (Å²) in [6.07, 6.45) is 0. The van der Waals surface area contributed by atoms with Crippen LogP contribution < -0.4 is 14.5 Å². The molecule has 0 saturated carbocycles. The maximum atomic E-state index is 6.71. The Labute approximate surface area is 286 Å². The van der Waals surface area contributed by atoms with Crippen LogP contribution in [0.4, 0.5) is 34.1 Å². The molecule has 3 heteroatoms. The third-order valence-corrected chi connectivity index (χ3v) is 9.23. The van der Waals surface area contributed by atoms with Crippen LogP contribution in [0.3, 0.4) is 0 Å². The van der Waals surface area contributed by atoms with Gasteiger partial charge in [-0.1, -0.05) is 115 Å². The monoisotopic (exact) mass is 628 g/mol. The van der Waals surface area contributed by atoms with Crippen LogP contribution in [0.25, 0.3) is 33.0 Å². The van der Waals surface area contributed by atoms with Crippen molar-refractivity contribution in [3.8, 4) is 33.8 Å². The first-order valence-electron chi connectivity index (χ1n) is 16.6. The predicted molar refractivity (Wildman–Crippen MR) is 204 cm³/mol. The number of benzene rings is 8. The summed E-state index contributed by atoms with van der Waals surface area (Å²) in [7, 11) is 0. The Morgan fingerprint density at radius 2 is 0.816 bits per heavy atom. The molecular formula is C46H32N2O. The van der Waals surface area contributed by atoms with Gasteiger partial charge >= 0.3 is 0 Å². The molecule has 0 amide bonds. The van der Waals surface area contributed by atoms with E-state index in [0.29, 0.717) is 0 Å². The summed E-state index contributed by atoms with van der Waals surface area (Å²) in [5.74, 6) is 1.74. The smallest absolute Gasteiger partial charge is 0.136 e. The number of nitrogens with zero attached hydrogens (tertiary/aromatic N) is 2. The van der Waals surface area contributed by atoms with E-state index in [1.807, 2.05) is 0 Å². The van der Waals surface area contributed by atoms with E-state index >= 15 is 0 Å². The van der Waals surface area contributed by atoms with Crippen molar-refractivity contribution in [1.82, 2.24) is 0 Å². The molecule has 0 fully saturated rings. The zero-order valence-corrected chi connectivity index (χ0v) is 26.8. The lowest BCUT2D eigenvalue weighted by Gasteiger charge is -2.29. The normalized spacial score (nSPS) is 11.4. The Bertz CT molecular complexity index is 2310. The molecule has 1 aliphatic rings. The van der Waals surface area contributed by atoms with E-state index < -0.39 is 0 Å². The summed E-state index contributed by atoms with van der Waals surface area (Å²) < 4.78 is 6.71. The van der Waals surface area contributed by atoms with Crippen LogP contribution in [0.1, 0.15) is 0 Å². The van der Waals surface area contributed by atoms with Gasteiger partial charge in [0.15, 0.2) is 0 Å². The summed E-state index contributed by atoms with van der Waals surface area (Å²) in [5.41, 5.74) is 11.2. The van der Waals surface area contributed by atoms with Gasteiger partial charge in [-0.25, -0.2) is 0 Å². The summed E-state index contributed by atoms with van der Waals surface area (Å²) in [6.45, 7) is 0. The van der Waals surface area contributed by atoms with E-state index in [9.17, 15) is 0 Å². The van der Waals surface area contributed by atoms with Gasteiger partial charge in [0.1, 0.15) is 11.5 Å². The second-order valence-corrected chi connectivity index (χ2v) is 12.2. The minimum Gasteiger partial charge on any atom is -0.456 e. The lowest BCUT2D eigenvalue weighted by molar-refractivity contribution is 0.487. The van der Waals surface area contributed by atoms with Crippen LogP contribution in [0.5, 0.6) is 11.5 Å². The molecule has 0 radical (unpaired) electrons. The number of ether oxygens (including phenoxy) is 1. The number of para-hydroxylation sites is 4. The molecule has 0 saturated heterocycles. The van der Waals surface area contributed by atoms with Gasteiger partial charge in [-0.2, -0.15) is 0 Å². The van der Waals surface area contributed by atoms with Crippen LogP contribution in [0.15, 0.2) is 194 Å². The average molecular weight is 629 g/mol. The lowest BCUT2D eigenvalue weighted by atomic mass is 9.88. The Hall–Kier alpha value is -6.58. The fourth-order valence-electron chi connectivity index (χ4n) is 7.07. The first-order valence-corrected chi connectivity index (χ1v) is 16.6. The van der Waals surface area contributed by atoms with Gasteiger partial charge in [-0.15, -0.1) is 0 Å². The zero-order valence-electron chi connectivity index (χ0n) is 26.8. The summed E-state index contributed by atoms with van der Waals surface area (Å²) >= 11 is 0. The third kappa shape index (κ3) is 5.09. The average Bonchev–Trinajstić information content (AvgIpc) is 3.18. The van der Waals surface area contributed by atoms with Gasteiger partial charge in [0.25, 0.3) is 0 Å². The Morgan fingerprint density at radius 1 is 0.327 bits per heavy atom. The van der Waals surface area contributed by atoms with Crippen LogP contribution in [0, 0.1) is 0 Å². The summed E-state index contributed by atoms with van der Waals surface area (Å²) in [6, 6.07) is 68.3. The van der Waals surface area contributed by atoms with Crippen molar-refractivity contribution in [3.63, 3.8) is 0 Å². The highest BCUT2D eigenvalue weighted by atomic mass is 16.5. The van der Waals surface area contributed by atoms with E-state index in [0.717, 1.165) is 73.1 Å². The fourth-order valence-corrected chi connectivity index (χ4v) is 7.07. The fraction of sp³-hybridized carbons (Fsp3) is 0. The van der Waals surface area contributed by atoms with Crippen LogP contribution in [0.2, 0.25) is 0 Å². The Morgan fingerprint density at radius 3 is 1.39 bits per heavy atom. The van der Waals surface area contributed by atoms with Gasteiger partial charge in [-0.3, -0.25) is 0 Å². The molecular weight excluding hydrogens is 597 g/mol. The number of hydrogen-bond acceptors (Lipinski definition) is 3. The minimum atomic E-state index is 0.868. The highest BCUT2D eigenvalue weighted by Gasteiger charge is 2.26. The first-order chi connectivity index (χ1) is 24.3. The van der Waals surface area contributed by atoms with Crippen molar-refractivity contribution in [2.75, 3.05) is 9.80 Å². The van der Waals surface area contributed by atoms with Crippen molar-refractivity contribution < 1.29 is 4.74 Å². The van der Waals surface area contributed by atoms with Crippen molar-refractivity contribution >= 4 is 44.9 Å². The number of fused-ring (bicyclic) bond motifs is 2. The molecule has 1 heterocycles. The van der Waals surface area contributed by atoms with E-state index in [1.54, 1.807) is 0 Å². The molecule has 9 rings (SSSR count). The number of rotatable bonds is 7. The molecule has 3 nitrogen and oxygen atoms in total. The summed E-state index contributed by atoms with van der Waals surface area (Å²) in [4.78, 5) is 4.62. The Kier molecular flexibility index (Phi) is 7.14. The molecule has 0 atom stereocenters. The molecule has 1 aliphatic heterocycles. The molecule has 8 aromatic rings. The molecule has 0 N–H and O–H groups in total. The van der Waals surface area contributed by atoms with E-state index in [1.165, 1.54) is 5.56 Å². The number of anilines is 6. The quantitative estimate of drug-likeness (QED) is 0.175. The zero-order chi connectivity index (χ0) is 32.6. The number of hydrogen-bond donors (Lipinski definition) is 0. The lowest BCUT2D eigenvalue weighted by Crippen LogP contribution is -2.11. The van der Waals surface area contributed by atoms with Gasteiger partial charge in [-0.05, 0) is 95.6 Å². The second kappa shape index (κ2) is 12.2. The third-order valence-electron chi connectivity index (χ3n) is 9.23. The Balaban J connectivity index is 1.17. The molecule has 0 unspecified atom stereocenters. The molecule has 8 aromatic carbocycles. The highest BCUT2D eigenvalue weighted by Crippen LogP contribution is 2.53. The van der Waals surface area contributed by atoms with E-state index in [4.69, 9.17) is 4.74 Å². The van der Waals surface area contributed by atoms with Gasteiger partial charge in [0.2, 0.25) is 0 Å². The van der Waals surface area contributed by atoms with E-state index in [2.05, 4.69) is 204 Å². The van der Waals surface area contributed by atoms with Gasteiger partial charge in [0.05, 0.1) is 5.69 Å². The van der Waals surface area contributed by atoms with Crippen molar-refractivity contribution in [2.45, 2.75) is 0 Å². The van der Waals surface area contributed by atoms with Crippen LogP contribution >= 0.6 is 0 Å². The van der Waals surface area contributed by atoms with Crippen LogP contribution in [-0.4, -0.2) is 0 Å².